The lowest BCUT2D eigenvalue weighted by atomic mass is 9.60. The number of hydrogen-bond acceptors (Lipinski definition) is 8. The zero-order valence-corrected chi connectivity index (χ0v) is 38.0. The number of piperidine rings is 1. The van der Waals surface area contributed by atoms with E-state index in [0.29, 0.717) is 44.9 Å². The van der Waals surface area contributed by atoms with Crippen molar-refractivity contribution in [1.29, 1.82) is 0 Å². The molecule has 3 aliphatic rings. The van der Waals surface area contributed by atoms with E-state index in [1.807, 2.05) is 55.1 Å². The number of carboxylic acid groups (broad SMARTS) is 1. The molecule has 1 saturated carbocycles. The Morgan fingerprint density at radius 2 is 1.22 bits per heavy atom. The third-order valence-electron chi connectivity index (χ3n) is 12.5. The van der Waals surface area contributed by atoms with E-state index in [0.717, 1.165) is 24.0 Å². The lowest BCUT2D eigenvalue weighted by Gasteiger charge is -2.55. The average molecular weight is 874 g/mol. The number of alkyl carbamates (subject to hydrolysis) is 1. The number of ether oxygens (including phenoxy) is 1. The van der Waals surface area contributed by atoms with E-state index in [-0.39, 0.29) is 36.5 Å². The number of unbranched alkanes of at least 4 members (excludes halogenated alkanes) is 1. The minimum absolute atomic E-state index is 0.0311. The summed E-state index contributed by atoms with van der Waals surface area (Å²) >= 11 is 0. The maximum absolute atomic E-state index is 14.4. The van der Waals surface area contributed by atoms with Gasteiger partial charge in [0.25, 0.3) is 0 Å². The summed E-state index contributed by atoms with van der Waals surface area (Å²) in [7, 11) is 0. The maximum Gasteiger partial charge on any atom is 0.407 e. The van der Waals surface area contributed by atoms with Crippen LogP contribution >= 0.6 is 0 Å². The van der Waals surface area contributed by atoms with Crippen LogP contribution in [0.15, 0.2) is 60.7 Å². The SMILES string of the molecule is CC(C)CC(NC(=O)C(Cc1ccccc1)NC(=O)C(Cc1ccccc1)NC(=O)O)C(=O)NC(CCCCNC(=O)OC(C)(C)C)C(=O)N1CCC2(CC1)CC(N1CCCC1)C2. The minimum atomic E-state index is -1.38. The summed E-state index contributed by atoms with van der Waals surface area (Å²) in [6, 6.07) is 14.4. The molecule has 2 aromatic carbocycles. The van der Waals surface area contributed by atoms with E-state index in [1.165, 1.54) is 38.8 Å². The van der Waals surface area contributed by atoms with Crippen molar-refractivity contribution in [3.63, 3.8) is 0 Å². The fourth-order valence-electron chi connectivity index (χ4n) is 9.16. The molecular weight excluding hydrogens is 803 g/mol. The predicted molar refractivity (Wildman–Crippen MR) is 241 cm³/mol. The summed E-state index contributed by atoms with van der Waals surface area (Å²) in [6.45, 7) is 13.2. The van der Waals surface area contributed by atoms with Gasteiger partial charge in [0.05, 0.1) is 0 Å². The topological polar surface area (TPSA) is 199 Å². The lowest BCUT2D eigenvalue weighted by Crippen LogP contribution is -2.60. The Balaban J connectivity index is 1.28. The molecule has 0 radical (unpaired) electrons. The fraction of sp³-hybridized carbons (Fsp3) is 0.625. The molecule has 1 spiro atoms. The van der Waals surface area contributed by atoms with Crippen molar-refractivity contribution in [2.45, 2.75) is 147 Å². The summed E-state index contributed by atoms with van der Waals surface area (Å²) in [5.41, 5.74) is 1.10. The molecule has 2 aliphatic heterocycles. The van der Waals surface area contributed by atoms with E-state index in [1.54, 1.807) is 45.0 Å². The van der Waals surface area contributed by atoms with Crippen molar-refractivity contribution in [3.05, 3.63) is 71.8 Å². The van der Waals surface area contributed by atoms with Crippen LogP contribution < -0.4 is 26.6 Å². The number of nitrogens with one attached hydrogen (secondary N) is 5. The van der Waals surface area contributed by atoms with E-state index in [4.69, 9.17) is 4.74 Å². The monoisotopic (exact) mass is 874 g/mol. The van der Waals surface area contributed by atoms with Gasteiger partial charge in [0.15, 0.2) is 0 Å². The van der Waals surface area contributed by atoms with Crippen LogP contribution in [0.4, 0.5) is 9.59 Å². The van der Waals surface area contributed by atoms with Crippen LogP contribution in [0.25, 0.3) is 0 Å². The Kier molecular flexibility index (Phi) is 17.8. The Labute approximate surface area is 373 Å². The third-order valence-corrected chi connectivity index (χ3v) is 12.5. The lowest BCUT2D eigenvalue weighted by molar-refractivity contribution is -0.141. The zero-order chi connectivity index (χ0) is 45.6. The van der Waals surface area contributed by atoms with Gasteiger partial charge >= 0.3 is 12.2 Å². The summed E-state index contributed by atoms with van der Waals surface area (Å²) in [5, 5.41) is 23.3. The van der Waals surface area contributed by atoms with Gasteiger partial charge in [-0.05, 0) is 121 Å². The minimum Gasteiger partial charge on any atom is -0.465 e. The first-order chi connectivity index (χ1) is 30.0. The zero-order valence-electron chi connectivity index (χ0n) is 38.0. The van der Waals surface area contributed by atoms with Crippen molar-refractivity contribution in [2.24, 2.45) is 11.3 Å². The Hall–Kier alpha value is -5.18. The molecule has 2 aromatic rings. The third kappa shape index (κ3) is 15.5. The van der Waals surface area contributed by atoms with Crippen LogP contribution in [0.2, 0.25) is 0 Å². The average Bonchev–Trinajstić information content (AvgIpc) is 3.76. The Bertz CT molecular complexity index is 1820. The van der Waals surface area contributed by atoms with Crippen LogP contribution in [-0.4, -0.2) is 119 Å². The molecular formula is C48H71N7O8. The summed E-state index contributed by atoms with van der Waals surface area (Å²) in [6.07, 6.45) is 6.63. The normalized spacial score (nSPS) is 18.3. The first-order valence-corrected chi connectivity index (χ1v) is 23.0. The summed E-state index contributed by atoms with van der Waals surface area (Å²) < 4.78 is 5.36. The van der Waals surface area contributed by atoms with Gasteiger partial charge in [0.1, 0.15) is 29.8 Å². The van der Waals surface area contributed by atoms with Gasteiger partial charge in [-0.3, -0.25) is 19.2 Å². The molecule has 4 atom stereocenters. The first kappa shape index (κ1) is 48.8. The van der Waals surface area contributed by atoms with Gasteiger partial charge in [0, 0.05) is 38.5 Å². The molecule has 2 saturated heterocycles. The molecule has 5 rings (SSSR count). The van der Waals surface area contributed by atoms with Gasteiger partial charge in [-0.1, -0.05) is 74.5 Å². The van der Waals surface area contributed by atoms with Crippen LogP contribution in [0.1, 0.15) is 110 Å². The number of benzene rings is 2. The van der Waals surface area contributed by atoms with E-state index in [9.17, 15) is 33.9 Å². The highest BCUT2D eigenvalue weighted by atomic mass is 16.6. The van der Waals surface area contributed by atoms with Crippen molar-refractivity contribution in [3.8, 4) is 0 Å². The van der Waals surface area contributed by atoms with Crippen LogP contribution in [0.5, 0.6) is 0 Å². The highest BCUT2D eigenvalue weighted by Crippen LogP contribution is 2.51. The number of amides is 6. The molecule has 15 heteroatoms. The van der Waals surface area contributed by atoms with Gasteiger partial charge in [-0.25, -0.2) is 9.59 Å². The van der Waals surface area contributed by atoms with E-state index >= 15 is 0 Å². The van der Waals surface area contributed by atoms with E-state index < -0.39 is 59.7 Å². The second-order valence-corrected chi connectivity index (χ2v) is 19.2. The largest absolute Gasteiger partial charge is 0.465 e. The molecule has 346 valence electrons. The molecule has 0 bridgehead atoms. The molecule has 1 aliphatic carbocycles. The van der Waals surface area contributed by atoms with Gasteiger partial charge < -0.3 is 46.2 Å². The highest BCUT2D eigenvalue weighted by Gasteiger charge is 2.49. The smallest absolute Gasteiger partial charge is 0.407 e. The Morgan fingerprint density at radius 1 is 0.714 bits per heavy atom. The molecule has 6 amide bonds. The molecule has 63 heavy (non-hydrogen) atoms. The van der Waals surface area contributed by atoms with Crippen LogP contribution in [-0.2, 0) is 36.8 Å². The summed E-state index contributed by atoms with van der Waals surface area (Å²) in [4.78, 5) is 85.3. The van der Waals surface area contributed by atoms with Gasteiger partial charge in [-0.2, -0.15) is 0 Å². The second-order valence-electron chi connectivity index (χ2n) is 19.2. The second kappa shape index (κ2) is 23.0. The van der Waals surface area contributed by atoms with Crippen LogP contribution in [0.3, 0.4) is 0 Å². The fourth-order valence-corrected chi connectivity index (χ4v) is 9.16. The van der Waals surface area contributed by atoms with Crippen molar-refractivity contribution >= 4 is 35.8 Å². The molecule has 0 aromatic heterocycles. The van der Waals surface area contributed by atoms with Crippen LogP contribution in [0, 0.1) is 11.3 Å². The first-order valence-electron chi connectivity index (χ1n) is 23.0. The summed E-state index contributed by atoms with van der Waals surface area (Å²) in [5.74, 6) is -2.01. The molecule has 6 N–H and O–H groups in total. The number of likely N-dealkylation sites (tertiary alicyclic amines) is 2. The molecule has 3 fully saturated rings. The predicted octanol–water partition coefficient (Wildman–Crippen LogP) is 5.17. The van der Waals surface area contributed by atoms with Crippen molar-refractivity contribution in [1.82, 2.24) is 36.4 Å². The Morgan fingerprint density at radius 3 is 1.75 bits per heavy atom. The number of nitrogens with zero attached hydrogens (tertiary/aromatic N) is 2. The number of carbonyl (C=O) groups is 6. The van der Waals surface area contributed by atoms with Gasteiger partial charge in [0.2, 0.25) is 23.6 Å². The standard InChI is InChI=1S/C48H71N7O8/c1-33(2)28-38(51-42(57)39(29-34-16-8-6-9-17-34)52-43(58)40(53-45(60)61)30-35-18-10-7-11-19-35)41(56)50-37(20-12-13-23-49-46(62)63-47(3,4)5)44(59)55-26-21-48(22-27-55)31-36(32-48)54-24-14-15-25-54/h6-11,16-19,33,36-40,53H,12-15,20-32H2,1-5H3,(H,49,62)(H,50,56)(H,51,57)(H,52,58)(H,60,61). The quantitative estimate of drug-likeness (QED) is 0.0973. The number of rotatable bonds is 20. The number of hydrogen-bond donors (Lipinski definition) is 6. The van der Waals surface area contributed by atoms with Crippen molar-refractivity contribution in [2.75, 3.05) is 32.7 Å². The molecule has 15 nitrogen and oxygen atoms in total. The highest BCUT2D eigenvalue weighted by molar-refractivity contribution is 5.95. The number of carbonyl (C=O) groups excluding carboxylic acids is 5. The van der Waals surface area contributed by atoms with E-state index in [2.05, 4.69) is 31.5 Å². The van der Waals surface area contributed by atoms with Crippen molar-refractivity contribution < 1.29 is 38.6 Å². The van der Waals surface area contributed by atoms with Gasteiger partial charge in [-0.15, -0.1) is 0 Å². The molecule has 4 unspecified atom stereocenters. The maximum atomic E-state index is 14.4. The molecule has 2 heterocycles.